The molecule has 0 radical (unpaired) electrons. The standard InChI is InChI=1S/C14H19N3O4/c1-15(21-2)14(18)11-7-9-16(10-8-11)12-5-3-4-6-13(12)17(19)20/h3-6,11H,7-10H2,1-2H3. The molecule has 1 saturated heterocycles. The van der Waals surface area contributed by atoms with Gasteiger partial charge in [0.1, 0.15) is 5.69 Å². The number of nitrogens with zero attached hydrogens (tertiary/aromatic N) is 3. The van der Waals surface area contributed by atoms with Gasteiger partial charge >= 0.3 is 0 Å². The Bertz CT molecular complexity index is 527. The van der Waals surface area contributed by atoms with Crippen molar-refractivity contribution in [2.45, 2.75) is 12.8 Å². The van der Waals surface area contributed by atoms with Crippen LogP contribution in [-0.2, 0) is 9.63 Å². The number of nitro benzene ring substituents is 1. The molecule has 0 bridgehead atoms. The molecule has 0 atom stereocenters. The van der Waals surface area contributed by atoms with Crippen LogP contribution in [0.2, 0.25) is 0 Å². The van der Waals surface area contributed by atoms with E-state index in [1.807, 2.05) is 4.90 Å². The number of carbonyl (C=O) groups excluding carboxylic acids is 1. The number of hydrogen-bond acceptors (Lipinski definition) is 5. The van der Waals surface area contributed by atoms with Gasteiger partial charge in [-0.15, -0.1) is 0 Å². The van der Waals surface area contributed by atoms with Crippen LogP contribution in [0.25, 0.3) is 0 Å². The first kappa shape index (κ1) is 15.2. The fourth-order valence-electron chi connectivity index (χ4n) is 2.60. The molecule has 1 aliphatic heterocycles. The summed E-state index contributed by atoms with van der Waals surface area (Å²) in [7, 11) is 3.05. The Labute approximate surface area is 123 Å². The molecule has 0 saturated carbocycles. The molecule has 0 spiro atoms. The minimum absolute atomic E-state index is 0.0419. The minimum Gasteiger partial charge on any atom is -0.366 e. The number of rotatable bonds is 4. The second-order valence-electron chi connectivity index (χ2n) is 5.03. The summed E-state index contributed by atoms with van der Waals surface area (Å²) >= 11 is 0. The summed E-state index contributed by atoms with van der Waals surface area (Å²) in [5, 5.41) is 12.3. The van der Waals surface area contributed by atoms with Gasteiger partial charge in [-0.3, -0.25) is 19.7 Å². The lowest BCUT2D eigenvalue weighted by molar-refractivity contribution is -0.384. The summed E-state index contributed by atoms with van der Waals surface area (Å²) in [6, 6.07) is 6.70. The molecule has 1 heterocycles. The van der Waals surface area contributed by atoms with Crippen molar-refractivity contribution in [3.8, 4) is 0 Å². The molecule has 1 fully saturated rings. The van der Waals surface area contributed by atoms with E-state index in [1.165, 1.54) is 18.2 Å². The van der Waals surface area contributed by atoms with Gasteiger partial charge in [-0.1, -0.05) is 12.1 Å². The van der Waals surface area contributed by atoms with Gasteiger partial charge in [-0.25, -0.2) is 5.06 Å². The van der Waals surface area contributed by atoms with Crippen LogP contribution in [0.5, 0.6) is 0 Å². The van der Waals surface area contributed by atoms with Gasteiger partial charge < -0.3 is 4.90 Å². The quantitative estimate of drug-likeness (QED) is 0.625. The Morgan fingerprint density at radius 1 is 1.38 bits per heavy atom. The average molecular weight is 293 g/mol. The van der Waals surface area contributed by atoms with Crippen LogP contribution in [0.4, 0.5) is 11.4 Å². The molecule has 7 heteroatoms. The van der Waals surface area contributed by atoms with Crippen molar-refractivity contribution < 1.29 is 14.6 Å². The molecule has 1 aromatic carbocycles. The molecule has 0 N–H and O–H groups in total. The lowest BCUT2D eigenvalue weighted by Gasteiger charge is -2.33. The highest BCUT2D eigenvalue weighted by Gasteiger charge is 2.29. The van der Waals surface area contributed by atoms with Crippen LogP contribution in [0.3, 0.4) is 0 Å². The highest BCUT2D eigenvalue weighted by Crippen LogP contribution is 2.31. The number of hydrogen-bond donors (Lipinski definition) is 0. The van der Waals surface area contributed by atoms with Crippen LogP contribution in [0.1, 0.15) is 12.8 Å². The highest BCUT2D eigenvalue weighted by molar-refractivity contribution is 5.78. The third-order valence-corrected chi connectivity index (χ3v) is 3.85. The number of para-hydroxylation sites is 2. The summed E-state index contributed by atoms with van der Waals surface area (Å²) in [6.07, 6.45) is 1.33. The first-order chi connectivity index (χ1) is 10.0. The van der Waals surface area contributed by atoms with E-state index in [1.54, 1.807) is 25.2 Å². The molecule has 114 valence electrons. The molecule has 7 nitrogen and oxygen atoms in total. The SMILES string of the molecule is CON(C)C(=O)C1CCN(c2ccccc2[N+](=O)[O-])CC1. The molecule has 1 aliphatic rings. The van der Waals surface area contributed by atoms with E-state index in [2.05, 4.69) is 0 Å². The minimum atomic E-state index is -0.370. The zero-order chi connectivity index (χ0) is 15.4. The van der Waals surface area contributed by atoms with Crippen molar-refractivity contribution >= 4 is 17.3 Å². The Balaban J connectivity index is 2.05. The van der Waals surface area contributed by atoms with Crippen molar-refractivity contribution in [1.82, 2.24) is 5.06 Å². The second kappa shape index (κ2) is 6.53. The van der Waals surface area contributed by atoms with E-state index in [-0.39, 0.29) is 22.4 Å². The molecular weight excluding hydrogens is 274 g/mol. The van der Waals surface area contributed by atoms with Gasteiger partial charge in [-0.2, -0.15) is 0 Å². The lowest BCUT2D eigenvalue weighted by atomic mass is 9.95. The van der Waals surface area contributed by atoms with Crippen LogP contribution in [-0.4, -0.2) is 43.1 Å². The number of hydroxylamine groups is 2. The maximum absolute atomic E-state index is 12.0. The van der Waals surface area contributed by atoms with E-state index in [4.69, 9.17) is 4.84 Å². The maximum Gasteiger partial charge on any atom is 0.292 e. The Morgan fingerprint density at radius 2 is 2.00 bits per heavy atom. The van der Waals surface area contributed by atoms with Crippen LogP contribution >= 0.6 is 0 Å². The molecule has 1 aromatic rings. The topological polar surface area (TPSA) is 75.9 Å². The van der Waals surface area contributed by atoms with Gasteiger partial charge in [0.25, 0.3) is 5.69 Å². The summed E-state index contributed by atoms with van der Waals surface area (Å²) in [4.78, 5) is 29.6. The smallest absolute Gasteiger partial charge is 0.292 e. The van der Waals surface area contributed by atoms with Crippen LogP contribution in [0.15, 0.2) is 24.3 Å². The van der Waals surface area contributed by atoms with Crippen molar-refractivity contribution in [3.05, 3.63) is 34.4 Å². The van der Waals surface area contributed by atoms with Gasteiger partial charge in [-0.05, 0) is 18.9 Å². The maximum atomic E-state index is 12.0. The van der Waals surface area contributed by atoms with Crippen molar-refractivity contribution in [3.63, 3.8) is 0 Å². The monoisotopic (exact) mass is 293 g/mol. The van der Waals surface area contributed by atoms with Gasteiger partial charge in [0.2, 0.25) is 5.91 Å². The Morgan fingerprint density at radius 3 is 2.57 bits per heavy atom. The van der Waals surface area contributed by atoms with E-state index < -0.39 is 0 Å². The average Bonchev–Trinajstić information content (AvgIpc) is 2.53. The van der Waals surface area contributed by atoms with Crippen molar-refractivity contribution in [2.24, 2.45) is 5.92 Å². The predicted octanol–water partition coefficient (Wildman–Crippen LogP) is 1.83. The molecule has 2 rings (SSSR count). The van der Waals surface area contributed by atoms with E-state index in [0.717, 1.165) is 0 Å². The van der Waals surface area contributed by atoms with Gasteiger partial charge in [0.15, 0.2) is 0 Å². The Hall–Kier alpha value is -2.15. The van der Waals surface area contributed by atoms with E-state index in [9.17, 15) is 14.9 Å². The fourth-order valence-corrected chi connectivity index (χ4v) is 2.60. The number of carbonyl (C=O) groups is 1. The van der Waals surface area contributed by atoms with Gasteiger partial charge in [0.05, 0.1) is 12.0 Å². The molecule has 21 heavy (non-hydrogen) atoms. The number of amides is 1. The van der Waals surface area contributed by atoms with E-state index >= 15 is 0 Å². The molecule has 0 aliphatic carbocycles. The fraction of sp³-hybridized carbons (Fsp3) is 0.500. The predicted molar refractivity (Wildman–Crippen MR) is 77.8 cm³/mol. The largest absolute Gasteiger partial charge is 0.366 e. The number of piperidine rings is 1. The number of benzene rings is 1. The summed E-state index contributed by atoms with van der Waals surface area (Å²) < 4.78 is 0. The third-order valence-electron chi connectivity index (χ3n) is 3.85. The zero-order valence-electron chi connectivity index (χ0n) is 12.2. The summed E-state index contributed by atoms with van der Waals surface area (Å²) in [6.45, 7) is 1.25. The molecule has 0 aromatic heterocycles. The number of nitro groups is 1. The summed E-state index contributed by atoms with van der Waals surface area (Å²) in [5.74, 6) is -0.131. The first-order valence-electron chi connectivity index (χ1n) is 6.84. The lowest BCUT2D eigenvalue weighted by Crippen LogP contribution is -2.41. The third kappa shape index (κ3) is 3.30. The first-order valence-corrected chi connectivity index (χ1v) is 6.84. The second-order valence-corrected chi connectivity index (χ2v) is 5.03. The van der Waals surface area contributed by atoms with Crippen LogP contribution < -0.4 is 4.90 Å². The van der Waals surface area contributed by atoms with Gasteiger partial charge in [0, 0.05) is 32.1 Å². The summed E-state index contributed by atoms with van der Waals surface area (Å²) in [5.41, 5.74) is 0.727. The normalized spacial score (nSPS) is 15.8. The van der Waals surface area contributed by atoms with Crippen molar-refractivity contribution in [2.75, 3.05) is 32.1 Å². The zero-order valence-corrected chi connectivity index (χ0v) is 12.2. The molecule has 0 unspecified atom stereocenters. The molecule has 1 amide bonds. The number of anilines is 1. The highest BCUT2D eigenvalue weighted by atomic mass is 16.7. The Kier molecular flexibility index (Phi) is 4.74. The van der Waals surface area contributed by atoms with Crippen molar-refractivity contribution in [1.29, 1.82) is 0 Å². The molecular formula is C14H19N3O4. The van der Waals surface area contributed by atoms with Crippen LogP contribution in [0, 0.1) is 16.0 Å². The van der Waals surface area contributed by atoms with E-state index in [0.29, 0.717) is 31.6 Å².